The van der Waals surface area contributed by atoms with Gasteiger partial charge in [0.2, 0.25) is 15.9 Å². The number of nitrogens with zero attached hydrogens (tertiary/aromatic N) is 2. The molecule has 154 valence electrons. The van der Waals surface area contributed by atoms with E-state index in [0.29, 0.717) is 19.0 Å². The van der Waals surface area contributed by atoms with E-state index in [4.69, 9.17) is 11.6 Å². The zero-order valence-corrected chi connectivity index (χ0v) is 17.0. The van der Waals surface area contributed by atoms with E-state index in [-0.39, 0.29) is 40.9 Å². The summed E-state index contributed by atoms with van der Waals surface area (Å²) in [5, 5.41) is -0.223. The Morgan fingerprint density at radius 1 is 1.18 bits per heavy atom. The van der Waals surface area contributed by atoms with Crippen LogP contribution in [0.4, 0.5) is 4.39 Å². The van der Waals surface area contributed by atoms with E-state index in [2.05, 4.69) is 10.9 Å². The number of hydrazine groups is 1. The van der Waals surface area contributed by atoms with Crippen molar-refractivity contribution in [3.05, 3.63) is 29.0 Å². The van der Waals surface area contributed by atoms with Gasteiger partial charge in [-0.2, -0.15) is 4.31 Å². The second-order valence-electron chi connectivity index (χ2n) is 7.65. The van der Waals surface area contributed by atoms with Gasteiger partial charge in [-0.25, -0.2) is 12.8 Å². The molecule has 0 bridgehead atoms. The monoisotopic (exact) mass is 430 g/mol. The van der Waals surface area contributed by atoms with Gasteiger partial charge in [-0.1, -0.05) is 18.0 Å². The maximum atomic E-state index is 13.3. The predicted molar refractivity (Wildman–Crippen MR) is 103 cm³/mol. The number of piperazine rings is 1. The van der Waals surface area contributed by atoms with Crippen molar-refractivity contribution >= 4 is 27.5 Å². The molecule has 4 rings (SSSR count). The van der Waals surface area contributed by atoms with Crippen molar-refractivity contribution in [1.29, 1.82) is 0 Å². The molecule has 2 saturated heterocycles. The molecule has 0 radical (unpaired) electrons. The highest BCUT2D eigenvalue weighted by atomic mass is 35.5. The molecular formula is C18H24ClFN4O3S. The maximum absolute atomic E-state index is 13.3. The van der Waals surface area contributed by atoms with E-state index in [1.807, 2.05) is 0 Å². The van der Waals surface area contributed by atoms with Crippen molar-refractivity contribution in [2.24, 2.45) is 11.8 Å². The molecule has 0 aromatic heterocycles. The van der Waals surface area contributed by atoms with E-state index in [1.54, 1.807) is 4.90 Å². The number of carbonyl (C=O) groups is 1. The predicted octanol–water partition coefficient (Wildman–Crippen LogP) is 1.20. The van der Waals surface area contributed by atoms with Gasteiger partial charge in [-0.3, -0.25) is 15.6 Å². The second-order valence-corrected chi connectivity index (χ2v) is 10.00. The zero-order chi connectivity index (χ0) is 19.9. The first-order chi connectivity index (χ1) is 13.4. The van der Waals surface area contributed by atoms with Crippen LogP contribution < -0.4 is 10.9 Å². The molecule has 0 spiro atoms. The highest BCUT2D eigenvalue weighted by molar-refractivity contribution is 7.89. The van der Waals surface area contributed by atoms with Gasteiger partial charge >= 0.3 is 0 Å². The lowest BCUT2D eigenvalue weighted by Crippen LogP contribution is -2.55. The van der Waals surface area contributed by atoms with E-state index >= 15 is 0 Å². The van der Waals surface area contributed by atoms with E-state index in [0.717, 1.165) is 37.9 Å². The summed E-state index contributed by atoms with van der Waals surface area (Å²) in [4.78, 5) is 14.8. The molecule has 1 saturated carbocycles. The summed E-state index contributed by atoms with van der Waals surface area (Å²) < 4.78 is 40.3. The average molecular weight is 431 g/mol. The normalized spacial score (nSPS) is 28.9. The number of benzene rings is 1. The minimum absolute atomic E-state index is 0.0324. The summed E-state index contributed by atoms with van der Waals surface area (Å²) in [7, 11) is -3.77. The summed E-state index contributed by atoms with van der Waals surface area (Å²) in [5.74, 6) is -0.134. The topological polar surface area (TPSA) is 81.8 Å². The number of nitrogens with one attached hydrogen (secondary N) is 2. The van der Waals surface area contributed by atoms with E-state index < -0.39 is 15.8 Å². The van der Waals surface area contributed by atoms with Gasteiger partial charge in [0.1, 0.15) is 5.82 Å². The second kappa shape index (κ2) is 7.87. The number of hydrogen-bond acceptors (Lipinski definition) is 5. The first-order valence-electron chi connectivity index (χ1n) is 9.60. The maximum Gasteiger partial charge on any atom is 0.243 e. The summed E-state index contributed by atoms with van der Waals surface area (Å²) in [6.07, 6.45) is 3.03. The van der Waals surface area contributed by atoms with Crippen LogP contribution in [0.15, 0.2) is 23.1 Å². The molecule has 10 heteroatoms. The fourth-order valence-corrected chi connectivity index (χ4v) is 6.18. The quantitative estimate of drug-likeness (QED) is 0.753. The standard InChI is InChI=1S/C18H24ClFN4O3S/c19-15-10-13(4-5-16(15)20)28(26,27)24-8-6-23(7-9-24)18(25)14-3-1-2-12-11-21-22-17(12)14/h4-5,10,12,14,17,21-22H,1-3,6-9,11H2. The molecule has 2 N–H and O–H groups in total. The van der Waals surface area contributed by atoms with Crippen molar-refractivity contribution < 1.29 is 17.6 Å². The van der Waals surface area contributed by atoms with Gasteiger partial charge in [0.05, 0.1) is 15.8 Å². The van der Waals surface area contributed by atoms with Crippen molar-refractivity contribution in [3.8, 4) is 0 Å². The van der Waals surface area contributed by atoms with Crippen molar-refractivity contribution in [2.45, 2.75) is 30.2 Å². The van der Waals surface area contributed by atoms with Crippen LogP contribution in [0.1, 0.15) is 19.3 Å². The van der Waals surface area contributed by atoms with Gasteiger partial charge in [0.15, 0.2) is 0 Å². The molecule has 7 nitrogen and oxygen atoms in total. The smallest absolute Gasteiger partial charge is 0.243 e. The largest absolute Gasteiger partial charge is 0.340 e. The van der Waals surface area contributed by atoms with E-state index in [1.165, 1.54) is 10.4 Å². The molecule has 1 aromatic rings. The lowest BCUT2D eigenvalue weighted by Gasteiger charge is -2.39. The first kappa shape index (κ1) is 20.0. The molecular weight excluding hydrogens is 407 g/mol. The van der Waals surface area contributed by atoms with Crippen LogP contribution in [-0.2, 0) is 14.8 Å². The third-order valence-corrected chi connectivity index (χ3v) is 8.25. The number of amides is 1. The Hall–Kier alpha value is -1.26. The number of carbonyl (C=O) groups excluding carboxylic acids is 1. The van der Waals surface area contributed by atoms with Crippen molar-refractivity contribution in [3.63, 3.8) is 0 Å². The highest BCUT2D eigenvalue weighted by Crippen LogP contribution is 2.33. The lowest BCUT2D eigenvalue weighted by molar-refractivity contribution is -0.139. The summed E-state index contributed by atoms with van der Waals surface area (Å²) in [5.41, 5.74) is 6.41. The Kier molecular flexibility index (Phi) is 5.63. The fourth-order valence-electron chi connectivity index (χ4n) is 4.49. The Balaban J connectivity index is 1.41. The van der Waals surface area contributed by atoms with Crippen LogP contribution in [0.3, 0.4) is 0 Å². The zero-order valence-electron chi connectivity index (χ0n) is 15.4. The van der Waals surface area contributed by atoms with Gasteiger partial charge in [0.25, 0.3) is 0 Å². The molecule has 3 fully saturated rings. The van der Waals surface area contributed by atoms with Crippen LogP contribution in [-0.4, -0.2) is 62.3 Å². The number of fused-ring (bicyclic) bond motifs is 1. The Bertz CT molecular complexity index is 860. The molecule has 28 heavy (non-hydrogen) atoms. The van der Waals surface area contributed by atoms with Gasteiger partial charge in [-0.05, 0) is 37.0 Å². The van der Waals surface area contributed by atoms with Gasteiger partial charge in [-0.15, -0.1) is 0 Å². The highest BCUT2D eigenvalue weighted by Gasteiger charge is 2.42. The number of rotatable bonds is 3. The Morgan fingerprint density at radius 2 is 1.93 bits per heavy atom. The number of halogens is 2. The fraction of sp³-hybridized carbons (Fsp3) is 0.611. The van der Waals surface area contributed by atoms with Crippen LogP contribution in [0.25, 0.3) is 0 Å². The Labute approximate surface area is 169 Å². The first-order valence-corrected chi connectivity index (χ1v) is 11.4. The molecule has 3 atom stereocenters. The minimum atomic E-state index is -3.77. The van der Waals surface area contributed by atoms with Crippen molar-refractivity contribution in [2.75, 3.05) is 32.7 Å². The molecule has 2 aliphatic heterocycles. The third kappa shape index (κ3) is 3.66. The third-order valence-electron chi connectivity index (χ3n) is 6.06. The number of hydrogen-bond donors (Lipinski definition) is 2. The average Bonchev–Trinajstić information content (AvgIpc) is 3.18. The molecule has 2 heterocycles. The molecule has 3 unspecified atom stereocenters. The molecule has 1 amide bonds. The van der Waals surface area contributed by atoms with Crippen LogP contribution in [0, 0.1) is 17.7 Å². The van der Waals surface area contributed by atoms with Crippen LogP contribution in [0.2, 0.25) is 5.02 Å². The Morgan fingerprint density at radius 3 is 2.64 bits per heavy atom. The van der Waals surface area contributed by atoms with Gasteiger partial charge < -0.3 is 4.90 Å². The van der Waals surface area contributed by atoms with Crippen LogP contribution >= 0.6 is 11.6 Å². The SMILES string of the molecule is O=C(C1CCCC2CNNC21)N1CCN(S(=O)(=O)c2ccc(F)c(Cl)c2)CC1. The van der Waals surface area contributed by atoms with Crippen LogP contribution in [0.5, 0.6) is 0 Å². The molecule has 1 aromatic carbocycles. The van der Waals surface area contributed by atoms with Crippen molar-refractivity contribution in [1.82, 2.24) is 20.1 Å². The van der Waals surface area contributed by atoms with Gasteiger partial charge in [0, 0.05) is 38.8 Å². The summed E-state index contributed by atoms with van der Waals surface area (Å²) in [6.45, 7) is 2.04. The summed E-state index contributed by atoms with van der Waals surface area (Å²) in [6, 6.07) is 3.56. The van der Waals surface area contributed by atoms with E-state index in [9.17, 15) is 17.6 Å². The summed E-state index contributed by atoms with van der Waals surface area (Å²) >= 11 is 5.73. The minimum Gasteiger partial charge on any atom is -0.340 e. The lowest BCUT2D eigenvalue weighted by atomic mass is 9.77. The number of sulfonamides is 1. The molecule has 1 aliphatic carbocycles. The molecule has 3 aliphatic rings.